The van der Waals surface area contributed by atoms with Crippen molar-refractivity contribution >= 4 is 29.3 Å². The first-order valence-corrected chi connectivity index (χ1v) is 10.6. The fourth-order valence-corrected chi connectivity index (χ4v) is 3.62. The third-order valence-electron chi connectivity index (χ3n) is 4.21. The molecule has 0 atom stereocenters. The van der Waals surface area contributed by atoms with E-state index in [-0.39, 0.29) is 5.91 Å². The van der Waals surface area contributed by atoms with Crippen molar-refractivity contribution in [3.05, 3.63) is 95.2 Å². The third-order valence-corrected chi connectivity index (χ3v) is 5.44. The van der Waals surface area contributed by atoms with E-state index in [4.69, 9.17) is 20.8 Å². The number of hydrogen-bond acceptors (Lipinski definition) is 6. The normalized spacial score (nSPS) is 10.6. The first-order valence-electron chi connectivity index (χ1n) is 9.43. The predicted molar refractivity (Wildman–Crippen MR) is 119 cm³/mol. The Morgan fingerprint density at radius 2 is 1.77 bits per heavy atom. The van der Waals surface area contributed by atoms with E-state index < -0.39 is 0 Å². The third kappa shape index (κ3) is 5.65. The predicted octanol–water partition coefficient (Wildman–Crippen LogP) is 5.90. The molecule has 0 saturated heterocycles. The van der Waals surface area contributed by atoms with Gasteiger partial charge >= 0.3 is 0 Å². The quantitative estimate of drug-likeness (QED) is 0.376. The number of benzene rings is 2. The summed E-state index contributed by atoms with van der Waals surface area (Å²) >= 11 is 7.37. The smallest absolute Gasteiger partial charge is 0.252 e. The summed E-state index contributed by atoms with van der Waals surface area (Å²) in [5, 5.41) is 4.12. The summed E-state index contributed by atoms with van der Waals surface area (Å²) in [7, 11) is 0. The molecule has 2 aromatic carbocycles. The molecule has 8 heteroatoms. The zero-order valence-electron chi connectivity index (χ0n) is 16.5. The van der Waals surface area contributed by atoms with Gasteiger partial charge in [-0.1, -0.05) is 23.4 Å². The molecule has 0 aliphatic rings. The van der Waals surface area contributed by atoms with Gasteiger partial charge < -0.3 is 14.5 Å². The molecule has 0 aliphatic heterocycles. The van der Waals surface area contributed by atoms with Gasteiger partial charge in [0.15, 0.2) is 5.03 Å². The lowest BCUT2D eigenvalue weighted by atomic mass is 10.2. The van der Waals surface area contributed by atoms with Crippen molar-refractivity contribution < 1.29 is 13.9 Å². The van der Waals surface area contributed by atoms with E-state index in [0.717, 1.165) is 10.7 Å². The number of rotatable bonds is 7. The highest BCUT2D eigenvalue weighted by Crippen LogP contribution is 2.34. The molecule has 0 bridgehead atoms. The zero-order chi connectivity index (χ0) is 21.6. The summed E-state index contributed by atoms with van der Waals surface area (Å²) in [5.41, 5.74) is 0.519. The number of aromatic nitrogens is 2. The number of carbonyl (C=O) groups is 1. The number of nitrogens with one attached hydrogen (secondary N) is 1. The first kappa shape index (κ1) is 21.0. The van der Waals surface area contributed by atoms with E-state index in [1.165, 1.54) is 11.8 Å². The van der Waals surface area contributed by atoms with Crippen LogP contribution in [0.5, 0.6) is 11.6 Å². The molecule has 4 rings (SSSR count). The Balaban J connectivity index is 1.41. The number of furan rings is 1. The van der Waals surface area contributed by atoms with Crippen LogP contribution in [0.25, 0.3) is 0 Å². The maximum Gasteiger partial charge on any atom is 0.252 e. The molecule has 0 fully saturated rings. The van der Waals surface area contributed by atoms with Gasteiger partial charge in [-0.2, -0.15) is 0 Å². The van der Waals surface area contributed by atoms with Crippen LogP contribution in [-0.4, -0.2) is 15.9 Å². The average Bonchev–Trinajstić information content (AvgIpc) is 3.20. The van der Waals surface area contributed by atoms with Gasteiger partial charge in [0.25, 0.3) is 11.8 Å². The van der Waals surface area contributed by atoms with E-state index in [1.807, 2.05) is 43.3 Å². The molecule has 0 radical (unpaired) electrons. The lowest BCUT2D eigenvalue weighted by Crippen LogP contribution is -2.22. The largest absolute Gasteiger partial charge is 0.465 e. The fraction of sp³-hybridized carbons (Fsp3) is 0.0870. The van der Waals surface area contributed by atoms with E-state index in [0.29, 0.717) is 39.5 Å². The molecular weight excluding hydrogens is 434 g/mol. The van der Waals surface area contributed by atoms with Crippen LogP contribution in [0.4, 0.5) is 0 Å². The Labute approximate surface area is 188 Å². The Morgan fingerprint density at radius 1 is 1.03 bits per heavy atom. The van der Waals surface area contributed by atoms with Crippen LogP contribution < -0.4 is 10.1 Å². The van der Waals surface area contributed by atoms with Crippen LogP contribution in [0.3, 0.4) is 0 Å². The average molecular weight is 452 g/mol. The van der Waals surface area contributed by atoms with E-state index in [2.05, 4.69) is 15.3 Å². The van der Waals surface area contributed by atoms with Gasteiger partial charge in [0.1, 0.15) is 17.3 Å². The van der Waals surface area contributed by atoms with Crippen molar-refractivity contribution in [2.45, 2.75) is 23.4 Å². The Kier molecular flexibility index (Phi) is 6.54. The van der Waals surface area contributed by atoms with Crippen molar-refractivity contribution in [1.29, 1.82) is 0 Å². The maximum atomic E-state index is 12.3. The summed E-state index contributed by atoms with van der Waals surface area (Å²) in [6, 6.07) is 18.0. The molecule has 0 saturated carbocycles. The number of carbonyl (C=O) groups excluding carboxylic acids is 1. The molecular formula is C23H18ClN3O3S. The Morgan fingerprint density at radius 3 is 2.48 bits per heavy atom. The fourth-order valence-electron chi connectivity index (χ4n) is 2.70. The summed E-state index contributed by atoms with van der Waals surface area (Å²) in [5.74, 6) is 2.26. The molecule has 2 heterocycles. The van der Waals surface area contributed by atoms with Crippen LogP contribution in [0.1, 0.15) is 21.9 Å². The lowest BCUT2D eigenvalue weighted by Gasteiger charge is -2.09. The minimum Gasteiger partial charge on any atom is -0.465 e. The maximum absolute atomic E-state index is 12.3. The number of amides is 1. The number of ether oxygens (including phenoxy) is 1. The highest BCUT2D eigenvalue weighted by molar-refractivity contribution is 7.99. The minimum atomic E-state index is -0.195. The molecule has 0 unspecified atom stereocenters. The van der Waals surface area contributed by atoms with Crippen molar-refractivity contribution in [3.63, 3.8) is 0 Å². The molecule has 156 valence electrons. The highest BCUT2D eigenvalue weighted by Gasteiger charge is 2.11. The van der Waals surface area contributed by atoms with Crippen LogP contribution in [0.2, 0.25) is 5.02 Å². The van der Waals surface area contributed by atoms with Gasteiger partial charge in [0, 0.05) is 27.9 Å². The molecule has 0 spiro atoms. The number of aryl methyl sites for hydroxylation is 1. The Bertz CT molecular complexity index is 1180. The van der Waals surface area contributed by atoms with E-state index in [1.54, 1.807) is 36.7 Å². The summed E-state index contributed by atoms with van der Waals surface area (Å²) < 4.78 is 11.4. The van der Waals surface area contributed by atoms with E-state index >= 15 is 0 Å². The summed E-state index contributed by atoms with van der Waals surface area (Å²) in [6.45, 7) is 2.19. The number of nitrogens with zero attached hydrogens (tertiary/aromatic N) is 2. The Hall–Kier alpha value is -3.29. The van der Waals surface area contributed by atoms with E-state index in [9.17, 15) is 4.79 Å². The van der Waals surface area contributed by atoms with Crippen LogP contribution >= 0.6 is 23.4 Å². The monoisotopic (exact) mass is 451 g/mol. The molecule has 2 aromatic heterocycles. The molecule has 31 heavy (non-hydrogen) atoms. The summed E-state index contributed by atoms with van der Waals surface area (Å²) in [6.07, 6.45) is 3.18. The molecule has 1 amide bonds. The second kappa shape index (κ2) is 9.68. The van der Waals surface area contributed by atoms with Crippen molar-refractivity contribution in [2.24, 2.45) is 0 Å². The minimum absolute atomic E-state index is 0.195. The second-order valence-corrected chi connectivity index (χ2v) is 8.04. The van der Waals surface area contributed by atoms with Gasteiger partial charge in [0.05, 0.1) is 6.54 Å². The van der Waals surface area contributed by atoms with Gasteiger partial charge in [0.2, 0.25) is 0 Å². The van der Waals surface area contributed by atoms with Crippen LogP contribution in [0, 0.1) is 6.92 Å². The van der Waals surface area contributed by atoms with Gasteiger partial charge in [-0.3, -0.25) is 4.79 Å². The van der Waals surface area contributed by atoms with Crippen molar-refractivity contribution in [3.8, 4) is 11.6 Å². The molecule has 6 nitrogen and oxygen atoms in total. The zero-order valence-corrected chi connectivity index (χ0v) is 18.1. The standard InChI is InChI=1S/C23H18ClN3O3S/c1-15-2-7-19(29-15)14-27-21(28)16-3-8-18(9-4-16)30-22-23(26-13-12-25-22)31-20-10-5-17(24)6-11-20/h2-13H,14H2,1H3,(H,27,28). The molecule has 1 N–H and O–H groups in total. The topological polar surface area (TPSA) is 77.2 Å². The lowest BCUT2D eigenvalue weighted by molar-refractivity contribution is 0.0948. The van der Waals surface area contributed by atoms with Crippen molar-refractivity contribution in [2.75, 3.05) is 0 Å². The number of halogens is 1. The molecule has 4 aromatic rings. The SMILES string of the molecule is Cc1ccc(CNC(=O)c2ccc(Oc3nccnc3Sc3ccc(Cl)cc3)cc2)o1. The van der Waals surface area contributed by atoms with Gasteiger partial charge in [-0.15, -0.1) is 0 Å². The van der Waals surface area contributed by atoms with Crippen molar-refractivity contribution in [1.82, 2.24) is 15.3 Å². The molecule has 0 aliphatic carbocycles. The highest BCUT2D eigenvalue weighted by atomic mass is 35.5. The summed E-state index contributed by atoms with van der Waals surface area (Å²) in [4.78, 5) is 22.0. The number of hydrogen-bond donors (Lipinski definition) is 1. The first-order chi connectivity index (χ1) is 15.1. The second-order valence-electron chi connectivity index (χ2n) is 6.54. The van der Waals surface area contributed by atoms with Gasteiger partial charge in [-0.05, 0) is 67.6 Å². The van der Waals surface area contributed by atoms with Crippen LogP contribution in [-0.2, 0) is 6.54 Å². The van der Waals surface area contributed by atoms with Gasteiger partial charge in [-0.25, -0.2) is 9.97 Å². The van der Waals surface area contributed by atoms with Crippen LogP contribution in [0.15, 0.2) is 87.4 Å².